The lowest BCUT2D eigenvalue weighted by Crippen LogP contribution is -2.32. The molecule has 2 amide bonds. The Labute approximate surface area is 156 Å². The van der Waals surface area contributed by atoms with E-state index in [9.17, 15) is 14.7 Å². The minimum absolute atomic E-state index is 0.0148. The highest BCUT2D eigenvalue weighted by atomic mass is 16.5. The number of hydrogen-bond acceptors (Lipinski definition) is 6. The summed E-state index contributed by atoms with van der Waals surface area (Å²) in [4.78, 5) is 23.6. The van der Waals surface area contributed by atoms with Gasteiger partial charge in [0.15, 0.2) is 11.5 Å². The second kappa shape index (κ2) is 9.62. The van der Waals surface area contributed by atoms with Crippen molar-refractivity contribution >= 4 is 23.7 Å². The minimum Gasteiger partial charge on any atom is -0.504 e. The van der Waals surface area contributed by atoms with Crippen LogP contribution in [0.25, 0.3) is 0 Å². The normalized spacial score (nSPS) is 10.3. The topological polar surface area (TPSA) is 109 Å². The van der Waals surface area contributed by atoms with E-state index in [0.29, 0.717) is 23.6 Å². The number of hydrogen-bond donors (Lipinski definition) is 3. The van der Waals surface area contributed by atoms with E-state index in [-0.39, 0.29) is 11.5 Å². The average molecular weight is 369 g/mol. The molecule has 0 saturated carbocycles. The zero-order chi connectivity index (χ0) is 19.6. The number of rotatable bonds is 7. The van der Waals surface area contributed by atoms with Crippen molar-refractivity contribution in [3.05, 3.63) is 60.7 Å². The Morgan fingerprint density at radius 2 is 1.93 bits per heavy atom. The Morgan fingerprint density at radius 3 is 2.59 bits per heavy atom. The Morgan fingerprint density at radius 1 is 1.19 bits per heavy atom. The summed E-state index contributed by atoms with van der Waals surface area (Å²) in [5.74, 6) is -0.923. The third kappa shape index (κ3) is 5.89. The van der Waals surface area contributed by atoms with Gasteiger partial charge < -0.3 is 19.9 Å². The average Bonchev–Trinajstić information content (AvgIpc) is 2.68. The number of methoxy groups -OCH3 is 1. The number of benzene rings is 2. The van der Waals surface area contributed by atoms with Crippen LogP contribution >= 0.6 is 0 Å². The smallest absolute Gasteiger partial charge is 0.329 e. The van der Waals surface area contributed by atoms with E-state index in [2.05, 4.69) is 22.4 Å². The lowest BCUT2D eigenvalue weighted by atomic mass is 10.2. The van der Waals surface area contributed by atoms with Gasteiger partial charge in [0.2, 0.25) is 0 Å². The third-order valence-corrected chi connectivity index (χ3v) is 3.27. The van der Waals surface area contributed by atoms with Gasteiger partial charge in [0.05, 0.1) is 13.3 Å². The second-order valence-electron chi connectivity index (χ2n) is 5.21. The van der Waals surface area contributed by atoms with Crippen LogP contribution in [0.4, 0.5) is 5.69 Å². The highest BCUT2D eigenvalue weighted by molar-refractivity contribution is 6.39. The third-order valence-electron chi connectivity index (χ3n) is 3.27. The van der Waals surface area contributed by atoms with Crippen molar-refractivity contribution in [1.82, 2.24) is 5.43 Å². The maximum absolute atomic E-state index is 11.9. The van der Waals surface area contributed by atoms with E-state index < -0.39 is 11.8 Å². The highest BCUT2D eigenvalue weighted by Gasteiger charge is 2.12. The fraction of sp³-hybridized carbons (Fsp3) is 0.105. The largest absolute Gasteiger partial charge is 0.504 e. The first kappa shape index (κ1) is 19.5. The van der Waals surface area contributed by atoms with Gasteiger partial charge in [0, 0.05) is 5.69 Å². The SMILES string of the molecule is C=CCOc1ccc(NC(=O)C(=O)N/N=C\c2ccc(O)c(OC)c2)cc1. The molecule has 3 N–H and O–H groups in total. The van der Waals surface area contributed by atoms with Crippen LogP contribution in [0.15, 0.2) is 60.2 Å². The molecule has 0 atom stereocenters. The summed E-state index contributed by atoms with van der Waals surface area (Å²) in [7, 11) is 1.42. The zero-order valence-electron chi connectivity index (χ0n) is 14.6. The molecule has 0 heterocycles. The molecule has 0 aliphatic carbocycles. The number of phenols is 1. The molecule has 0 saturated heterocycles. The van der Waals surface area contributed by atoms with Gasteiger partial charge in [-0.2, -0.15) is 5.10 Å². The van der Waals surface area contributed by atoms with Crippen LogP contribution in [0, 0.1) is 0 Å². The van der Waals surface area contributed by atoms with Crippen LogP contribution in [0.5, 0.6) is 17.2 Å². The molecule has 0 radical (unpaired) electrons. The van der Waals surface area contributed by atoms with Gasteiger partial charge in [-0.05, 0) is 48.0 Å². The number of aromatic hydroxyl groups is 1. The highest BCUT2D eigenvalue weighted by Crippen LogP contribution is 2.25. The summed E-state index contributed by atoms with van der Waals surface area (Å²) in [5.41, 5.74) is 3.13. The first-order valence-electron chi connectivity index (χ1n) is 7.88. The molecular formula is C19H19N3O5. The lowest BCUT2D eigenvalue weighted by Gasteiger charge is -2.06. The van der Waals surface area contributed by atoms with Crippen LogP contribution in [0.3, 0.4) is 0 Å². The summed E-state index contributed by atoms with van der Waals surface area (Å²) in [6, 6.07) is 11.1. The molecule has 0 aliphatic heterocycles. The molecule has 0 unspecified atom stereocenters. The van der Waals surface area contributed by atoms with Crippen molar-refractivity contribution in [2.24, 2.45) is 5.10 Å². The predicted octanol–water partition coefficient (Wildman–Crippen LogP) is 2.05. The maximum Gasteiger partial charge on any atom is 0.329 e. The first-order valence-corrected chi connectivity index (χ1v) is 7.88. The quantitative estimate of drug-likeness (QED) is 0.300. The van der Waals surface area contributed by atoms with Crippen LogP contribution in [0.1, 0.15) is 5.56 Å². The fourth-order valence-corrected chi connectivity index (χ4v) is 1.97. The summed E-state index contributed by atoms with van der Waals surface area (Å²) in [5, 5.41) is 15.7. The minimum atomic E-state index is -0.927. The Balaban J connectivity index is 1.88. The van der Waals surface area contributed by atoms with Crippen LogP contribution in [0.2, 0.25) is 0 Å². The zero-order valence-corrected chi connectivity index (χ0v) is 14.6. The van der Waals surface area contributed by atoms with Gasteiger partial charge in [0.25, 0.3) is 0 Å². The molecule has 0 bridgehead atoms. The Bertz CT molecular complexity index is 847. The molecule has 0 aromatic heterocycles. The van der Waals surface area contributed by atoms with E-state index in [1.165, 1.54) is 25.5 Å². The number of anilines is 1. The molecule has 2 aromatic rings. The number of nitrogens with one attached hydrogen (secondary N) is 2. The first-order chi connectivity index (χ1) is 13.0. The molecule has 2 rings (SSSR count). The molecule has 8 nitrogen and oxygen atoms in total. The summed E-state index contributed by atoms with van der Waals surface area (Å²) in [6.07, 6.45) is 2.94. The molecule has 2 aromatic carbocycles. The molecule has 0 aliphatic rings. The number of hydrazone groups is 1. The van der Waals surface area contributed by atoms with Crippen LogP contribution in [-0.2, 0) is 9.59 Å². The number of amides is 2. The number of carbonyl (C=O) groups excluding carboxylic acids is 2. The fourth-order valence-electron chi connectivity index (χ4n) is 1.97. The summed E-state index contributed by atoms with van der Waals surface area (Å²) >= 11 is 0. The number of ether oxygens (including phenoxy) is 2. The predicted molar refractivity (Wildman–Crippen MR) is 101 cm³/mol. The molecule has 0 fully saturated rings. The van der Waals surface area contributed by atoms with E-state index >= 15 is 0 Å². The molecule has 140 valence electrons. The van der Waals surface area contributed by atoms with Gasteiger partial charge in [-0.25, -0.2) is 5.43 Å². The molecule has 0 spiro atoms. The number of carbonyl (C=O) groups is 2. The lowest BCUT2D eigenvalue weighted by molar-refractivity contribution is -0.136. The van der Waals surface area contributed by atoms with Crippen molar-refractivity contribution in [2.75, 3.05) is 19.0 Å². The monoisotopic (exact) mass is 369 g/mol. The van der Waals surface area contributed by atoms with E-state index in [1.807, 2.05) is 0 Å². The summed E-state index contributed by atoms with van der Waals surface area (Å²) in [6.45, 7) is 3.93. The van der Waals surface area contributed by atoms with Gasteiger partial charge >= 0.3 is 11.8 Å². The molecule has 27 heavy (non-hydrogen) atoms. The van der Waals surface area contributed by atoms with Crippen molar-refractivity contribution in [1.29, 1.82) is 0 Å². The van der Waals surface area contributed by atoms with Crippen LogP contribution in [-0.4, -0.2) is 36.9 Å². The Kier molecular flexibility index (Phi) is 6.95. The van der Waals surface area contributed by atoms with Gasteiger partial charge in [-0.1, -0.05) is 12.7 Å². The maximum atomic E-state index is 11.9. The molecule has 8 heteroatoms. The van der Waals surface area contributed by atoms with Crippen molar-refractivity contribution < 1.29 is 24.2 Å². The number of nitrogens with zero attached hydrogens (tertiary/aromatic N) is 1. The second-order valence-corrected chi connectivity index (χ2v) is 5.21. The van der Waals surface area contributed by atoms with Crippen molar-refractivity contribution in [3.63, 3.8) is 0 Å². The van der Waals surface area contributed by atoms with Gasteiger partial charge in [0.1, 0.15) is 12.4 Å². The van der Waals surface area contributed by atoms with Gasteiger partial charge in [-0.3, -0.25) is 9.59 Å². The van der Waals surface area contributed by atoms with Crippen molar-refractivity contribution in [2.45, 2.75) is 0 Å². The van der Waals surface area contributed by atoms with Crippen LogP contribution < -0.4 is 20.2 Å². The van der Waals surface area contributed by atoms with E-state index in [4.69, 9.17) is 9.47 Å². The summed E-state index contributed by atoms with van der Waals surface area (Å²) < 4.78 is 10.3. The van der Waals surface area contributed by atoms with E-state index in [1.54, 1.807) is 36.4 Å². The molecular weight excluding hydrogens is 350 g/mol. The van der Waals surface area contributed by atoms with Gasteiger partial charge in [-0.15, -0.1) is 0 Å². The van der Waals surface area contributed by atoms with E-state index in [0.717, 1.165) is 0 Å². The Hall–Kier alpha value is -3.81. The van der Waals surface area contributed by atoms with Crippen molar-refractivity contribution in [3.8, 4) is 17.2 Å². The standard InChI is InChI=1S/C19H19N3O5/c1-3-10-27-15-7-5-14(6-8-15)21-18(24)19(25)22-20-12-13-4-9-16(23)17(11-13)26-2/h3-9,11-12,23H,1,10H2,2H3,(H,21,24)(H,22,25)/b20-12-. The number of phenolic OH excluding ortho intramolecular Hbond substituents is 1.